The van der Waals surface area contributed by atoms with Crippen LogP contribution in [0.1, 0.15) is 39.5 Å². The number of benzene rings is 3. The van der Waals surface area contributed by atoms with Gasteiger partial charge in [-0.25, -0.2) is 0 Å². The van der Waals surface area contributed by atoms with E-state index in [9.17, 15) is 0 Å². The van der Waals surface area contributed by atoms with Crippen LogP contribution in [0, 0.1) is 0 Å². The van der Waals surface area contributed by atoms with Gasteiger partial charge in [0, 0.05) is 26.0 Å². The highest BCUT2D eigenvalue weighted by Gasteiger charge is 2.16. The average molecular weight is 401 g/mol. The molecule has 0 radical (unpaired) electrons. The zero-order chi connectivity index (χ0) is 17.6. The molecule has 0 spiro atoms. The first-order chi connectivity index (χ1) is 12.3. The van der Waals surface area contributed by atoms with Crippen LogP contribution in [0.4, 0.5) is 0 Å². The Hall–Kier alpha value is -1.74. The molecule has 0 atom stereocenters. The number of rotatable bonds is 8. The summed E-state index contributed by atoms with van der Waals surface area (Å²) < 4.78 is 13.5. The van der Waals surface area contributed by atoms with Crippen molar-refractivity contribution in [3.63, 3.8) is 0 Å². The van der Waals surface area contributed by atoms with E-state index < -0.39 is 0 Å². The lowest BCUT2D eigenvalue weighted by molar-refractivity contribution is 0.311. The minimum absolute atomic E-state index is 0.734. The Morgan fingerprint density at radius 3 is 1.80 bits per heavy atom. The van der Waals surface area contributed by atoms with Crippen molar-refractivity contribution in [2.75, 3.05) is 13.2 Å². The molecule has 3 heteroatoms. The second kappa shape index (κ2) is 8.57. The molecule has 0 bridgehead atoms. The first-order valence-corrected chi connectivity index (χ1v) is 9.95. The Kier molecular flexibility index (Phi) is 6.19. The second-order valence-corrected chi connectivity index (χ2v) is 7.21. The van der Waals surface area contributed by atoms with Crippen LogP contribution in [-0.4, -0.2) is 13.2 Å². The number of fused-ring (bicyclic) bond motifs is 2. The van der Waals surface area contributed by atoms with Gasteiger partial charge in [-0.15, -0.1) is 0 Å². The van der Waals surface area contributed by atoms with Crippen molar-refractivity contribution in [3.05, 3.63) is 46.9 Å². The van der Waals surface area contributed by atoms with E-state index in [2.05, 4.69) is 72.2 Å². The number of ether oxygens (including phenoxy) is 2. The molecule has 0 aliphatic heterocycles. The summed E-state index contributed by atoms with van der Waals surface area (Å²) in [6, 6.07) is 14.7. The third-order valence-electron chi connectivity index (χ3n) is 4.38. The quantitative estimate of drug-likeness (QED) is 0.296. The molecule has 3 aromatic rings. The molecule has 0 saturated heterocycles. The van der Waals surface area contributed by atoms with Gasteiger partial charge in [-0.3, -0.25) is 0 Å². The molecule has 25 heavy (non-hydrogen) atoms. The number of hydrogen-bond acceptors (Lipinski definition) is 2. The summed E-state index contributed by atoms with van der Waals surface area (Å²) in [4.78, 5) is 0. The van der Waals surface area contributed by atoms with Crippen LogP contribution in [0.5, 0.6) is 11.5 Å². The highest BCUT2D eigenvalue weighted by molar-refractivity contribution is 9.10. The zero-order valence-electron chi connectivity index (χ0n) is 15.0. The molecule has 0 unspecified atom stereocenters. The largest absolute Gasteiger partial charge is 0.492 e. The van der Waals surface area contributed by atoms with Crippen molar-refractivity contribution in [2.24, 2.45) is 0 Å². The lowest BCUT2D eigenvalue weighted by atomic mass is 10.0. The number of unbranched alkanes of at least 4 members (excludes halogenated alkanes) is 2. The van der Waals surface area contributed by atoms with Crippen molar-refractivity contribution in [3.8, 4) is 11.5 Å². The van der Waals surface area contributed by atoms with E-state index in [-0.39, 0.29) is 0 Å². The Bertz CT molecular complexity index is 857. The van der Waals surface area contributed by atoms with E-state index in [4.69, 9.17) is 9.47 Å². The first-order valence-electron chi connectivity index (χ1n) is 9.15. The van der Waals surface area contributed by atoms with E-state index in [1.165, 1.54) is 0 Å². The second-order valence-electron chi connectivity index (χ2n) is 6.30. The third-order valence-corrected chi connectivity index (χ3v) is 4.87. The minimum Gasteiger partial charge on any atom is -0.492 e. The molecule has 0 fully saturated rings. The monoisotopic (exact) mass is 400 g/mol. The highest BCUT2D eigenvalue weighted by atomic mass is 79.9. The van der Waals surface area contributed by atoms with E-state index >= 15 is 0 Å². The van der Waals surface area contributed by atoms with Gasteiger partial charge in [-0.2, -0.15) is 0 Å². The van der Waals surface area contributed by atoms with Crippen molar-refractivity contribution in [2.45, 2.75) is 39.5 Å². The van der Waals surface area contributed by atoms with E-state index in [0.717, 1.165) is 76.4 Å². The molecule has 0 N–H and O–H groups in total. The van der Waals surface area contributed by atoms with Gasteiger partial charge in [0.25, 0.3) is 0 Å². The number of hydrogen-bond donors (Lipinski definition) is 0. The van der Waals surface area contributed by atoms with Crippen LogP contribution in [0.15, 0.2) is 46.9 Å². The molecular weight excluding hydrogens is 376 g/mol. The van der Waals surface area contributed by atoms with E-state index in [1.54, 1.807) is 0 Å². The molecule has 2 nitrogen and oxygen atoms in total. The zero-order valence-corrected chi connectivity index (χ0v) is 16.6. The SMILES string of the molecule is CCCCOc1c2ccccc2c(OCCCC)c2cc(Br)ccc12. The average Bonchev–Trinajstić information content (AvgIpc) is 2.63. The Balaban J connectivity index is 2.21. The number of halogens is 1. The predicted molar refractivity (Wildman–Crippen MR) is 110 cm³/mol. The lowest BCUT2D eigenvalue weighted by Gasteiger charge is -2.18. The Labute approximate surface area is 158 Å². The molecular formula is C22H25BrO2. The fourth-order valence-electron chi connectivity index (χ4n) is 3.02. The highest BCUT2D eigenvalue weighted by Crippen LogP contribution is 2.43. The summed E-state index contributed by atoms with van der Waals surface area (Å²) in [5.74, 6) is 1.93. The lowest BCUT2D eigenvalue weighted by Crippen LogP contribution is -2.02. The van der Waals surface area contributed by atoms with Gasteiger partial charge < -0.3 is 9.47 Å². The van der Waals surface area contributed by atoms with Crippen molar-refractivity contribution >= 4 is 37.5 Å². The summed E-state index contributed by atoms with van der Waals surface area (Å²) in [6.45, 7) is 5.84. The minimum atomic E-state index is 0.734. The molecule has 132 valence electrons. The molecule has 0 saturated carbocycles. The molecule has 0 aliphatic rings. The molecule has 0 heterocycles. The standard InChI is InChI=1S/C22H25BrO2/c1-3-5-13-24-21-17-9-7-8-10-18(17)22(25-14-6-4-2)20-15-16(23)11-12-19(20)21/h7-12,15H,3-6,13-14H2,1-2H3. The van der Waals surface area contributed by atoms with Crippen LogP contribution in [0.25, 0.3) is 21.5 Å². The molecule has 0 amide bonds. The van der Waals surface area contributed by atoms with Crippen molar-refractivity contribution in [1.82, 2.24) is 0 Å². The maximum absolute atomic E-state index is 6.23. The molecule has 0 aliphatic carbocycles. The Morgan fingerprint density at radius 2 is 1.24 bits per heavy atom. The van der Waals surface area contributed by atoms with Crippen molar-refractivity contribution in [1.29, 1.82) is 0 Å². The maximum Gasteiger partial charge on any atom is 0.135 e. The summed E-state index contributed by atoms with van der Waals surface area (Å²) in [6.07, 6.45) is 4.36. The third kappa shape index (κ3) is 3.92. The van der Waals surface area contributed by atoms with Crippen LogP contribution < -0.4 is 9.47 Å². The van der Waals surface area contributed by atoms with Gasteiger partial charge in [-0.05, 0) is 31.0 Å². The van der Waals surface area contributed by atoms with Crippen LogP contribution >= 0.6 is 15.9 Å². The smallest absolute Gasteiger partial charge is 0.135 e. The summed E-state index contributed by atoms with van der Waals surface area (Å²) in [7, 11) is 0. The summed E-state index contributed by atoms with van der Waals surface area (Å²) in [5, 5.41) is 4.47. The van der Waals surface area contributed by atoms with Gasteiger partial charge >= 0.3 is 0 Å². The van der Waals surface area contributed by atoms with Gasteiger partial charge in [0.1, 0.15) is 11.5 Å². The fourth-order valence-corrected chi connectivity index (χ4v) is 3.38. The van der Waals surface area contributed by atoms with E-state index in [0.29, 0.717) is 0 Å². The van der Waals surface area contributed by atoms with Crippen LogP contribution in [0.3, 0.4) is 0 Å². The van der Waals surface area contributed by atoms with Gasteiger partial charge in [0.2, 0.25) is 0 Å². The fraction of sp³-hybridized carbons (Fsp3) is 0.364. The van der Waals surface area contributed by atoms with Gasteiger partial charge in [0.15, 0.2) is 0 Å². The van der Waals surface area contributed by atoms with Crippen LogP contribution in [0.2, 0.25) is 0 Å². The van der Waals surface area contributed by atoms with Crippen LogP contribution in [-0.2, 0) is 0 Å². The predicted octanol–water partition coefficient (Wildman–Crippen LogP) is 7.11. The Morgan fingerprint density at radius 1 is 0.720 bits per heavy atom. The summed E-state index contributed by atoms with van der Waals surface area (Å²) >= 11 is 3.60. The normalized spacial score (nSPS) is 11.2. The van der Waals surface area contributed by atoms with Gasteiger partial charge in [0.05, 0.1) is 13.2 Å². The molecule has 3 aromatic carbocycles. The molecule has 3 rings (SSSR count). The topological polar surface area (TPSA) is 18.5 Å². The molecule has 0 aromatic heterocycles. The van der Waals surface area contributed by atoms with Gasteiger partial charge in [-0.1, -0.05) is 66.9 Å². The first kappa shape index (κ1) is 18.1. The van der Waals surface area contributed by atoms with Crippen molar-refractivity contribution < 1.29 is 9.47 Å². The maximum atomic E-state index is 6.23. The summed E-state index contributed by atoms with van der Waals surface area (Å²) in [5.41, 5.74) is 0. The van der Waals surface area contributed by atoms with E-state index in [1.807, 2.05) is 0 Å².